The molecule has 0 bridgehead atoms. The molecule has 1 amide bonds. The summed E-state index contributed by atoms with van der Waals surface area (Å²) in [6.07, 6.45) is -1.20. The number of hydrogen-bond acceptors (Lipinski definition) is 4. The molecule has 1 aliphatic rings. The Kier molecular flexibility index (Phi) is 6.16. The van der Waals surface area contributed by atoms with Crippen molar-refractivity contribution in [3.63, 3.8) is 0 Å². The highest BCUT2D eigenvalue weighted by molar-refractivity contribution is 7.92. The van der Waals surface area contributed by atoms with Crippen molar-refractivity contribution >= 4 is 27.1 Å². The van der Waals surface area contributed by atoms with Crippen molar-refractivity contribution in [2.24, 2.45) is 0 Å². The summed E-state index contributed by atoms with van der Waals surface area (Å²) < 4.78 is 62.7. The van der Waals surface area contributed by atoms with Crippen LogP contribution < -0.4 is 10.6 Å². The van der Waals surface area contributed by atoms with Gasteiger partial charge in [0.25, 0.3) is 0 Å². The van der Waals surface area contributed by atoms with E-state index in [-0.39, 0.29) is 22.4 Å². The number of amides is 1. The van der Waals surface area contributed by atoms with E-state index in [1.165, 1.54) is 24.3 Å². The summed E-state index contributed by atoms with van der Waals surface area (Å²) in [5.74, 6) is -0.438. The van der Waals surface area contributed by atoms with Gasteiger partial charge in [-0.15, -0.1) is 0 Å². The van der Waals surface area contributed by atoms with Crippen LogP contribution in [0.15, 0.2) is 53.4 Å². The molecule has 0 radical (unpaired) electrons. The lowest BCUT2D eigenvalue weighted by Gasteiger charge is -2.12. The maximum Gasteiger partial charge on any atom is 0.416 e. The average Bonchev–Trinajstić information content (AvgIpc) is 3.22. The molecule has 2 aromatic carbocycles. The van der Waals surface area contributed by atoms with Gasteiger partial charge in [0.05, 0.1) is 22.3 Å². The van der Waals surface area contributed by atoms with E-state index in [2.05, 4.69) is 10.6 Å². The number of carbonyl (C=O) groups is 1. The van der Waals surface area contributed by atoms with Gasteiger partial charge in [0.2, 0.25) is 5.91 Å². The van der Waals surface area contributed by atoms with Crippen molar-refractivity contribution in [1.82, 2.24) is 0 Å². The molecule has 0 spiro atoms. The number of halogens is 3. The Hall–Kier alpha value is -2.55. The average molecular weight is 426 g/mol. The number of benzene rings is 2. The normalized spacial score (nSPS) is 15.3. The van der Waals surface area contributed by atoms with Gasteiger partial charge in [0, 0.05) is 11.4 Å². The third kappa shape index (κ3) is 5.29. The molecule has 29 heavy (non-hydrogen) atoms. The number of sulfone groups is 1. The molecule has 0 aromatic heterocycles. The van der Waals surface area contributed by atoms with Crippen LogP contribution in [-0.4, -0.2) is 26.1 Å². The van der Waals surface area contributed by atoms with Gasteiger partial charge in [-0.05, 0) is 61.4 Å². The molecule has 1 aliphatic carbocycles. The largest absolute Gasteiger partial charge is 0.416 e. The van der Waals surface area contributed by atoms with E-state index < -0.39 is 27.5 Å². The number of rotatable bonds is 6. The van der Waals surface area contributed by atoms with Crippen LogP contribution in [0, 0.1) is 0 Å². The Bertz CT molecular complexity index is 950. The topological polar surface area (TPSA) is 75.3 Å². The van der Waals surface area contributed by atoms with E-state index in [0.29, 0.717) is 18.5 Å². The highest BCUT2D eigenvalue weighted by atomic mass is 32.2. The van der Waals surface area contributed by atoms with Crippen molar-refractivity contribution in [2.45, 2.75) is 42.0 Å². The van der Waals surface area contributed by atoms with Crippen molar-refractivity contribution in [2.75, 3.05) is 17.2 Å². The SMILES string of the molecule is O=C(CNc1ccc(S(=O)(=O)C2CCCC2)cc1)Nc1ccc(C(F)(F)F)cc1. The zero-order valence-corrected chi connectivity index (χ0v) is 16.3. The molecule has 5 nitrogen and oxygen atoms in total. The van der Waals surface area contributed by atoms with Crippen LogP contribution in [0.5, 0.6) is 0 Å². The summed E-state index contributed by atoms with van der Waals surface area (Å²) in [4.78, 5) is 12.2. The number of alkyl halides is 3. The van der Waals surface area contributed by atoms with E-state index >= 15 is 0 Å². The standard InChI is InChI=1S/C20H21F3N2O3S/c21-20(22,23)14-5-7-16(8-6-14)25-19(26)13-24-15-9-11-18(12-10-15)29(27,28)17-3-1-2-4-17/h5-12,17,24H,1-4,13H2,(H,25,26). The van der Waals surface area contributed by atoms with Gasteiger partial charge in [-0.1, -0.05) is 12.8 Å². The van der Waals surface area contributed by atoms with Gasteiger partial charge < -0.3 is 10.6 Å². The minimum Gasteiger partial charge on any atom is -0.376 e. The maximum absolute atomic E-state index is 12.5. The molecule has 3 rings (SSSR count). The lowest BCUT2D eigenvalue weighted by Crippen LogP contribution is -2.22. The highest BCUT2D eigenvalue weighted by Crippen LogP contribution is 2.31. The summed E-state index contributed by atoms with van der Waals surface area (Å²) in [7, 11) is -3.33. The van der Waals surface area contributed by atoms with E-state index in [1.54, 1.807) is 12.1 Å². The van der Waals surface area contributed by atoms with Gasteiger partial charge in [0.15, 0.2) is 9.84 Å². The van der Waals surface area contributed by atoms with Crippen molar-refractivity contribution < 1.29 is 26.4 Å². The molecule has 0 atom stereocenters. The molecule has 0 heterocycles. The Morgan fingerprint density at radius 3 is 2.03 bits per heavy atom. The quantitative estimate of drug-likeness (QED) is 0.715. The minimum atomic E-state index is -4.43. The first-order chi connectivity index (χ1) is 13.7. The molecule has 0 unspecified atom stereocenters. The number of carbonyl (C=O) groups excluding carboxylic acids is 1. The van der Waals surface area contributed by atoms with E-state index in [0.717, 1.165) is 25.0 Å². The van der Waals surface area contributed by atoms with Gasteiger partial charge in [0.1, 0.15) is 0 Å². The van der Waals surface area contributed by atoms with Crippen molar-refractivity contribution in [3.05, 3.63) is 54.1 Å². The van der Waals surface area contributed by atoms with Gasteiger partial charge in [-0.25, -0.2) is 8.42 Å². The van der Waals surface area contributed by atoms with Crippen LogP contribution in [0.25, 0.3) is 0 Å². The lowest BCUT2D eigenvalue weighted by atomic mass is 10.2. The van der Waals surface area contributed by atoms with Crippen LogP contribution in [-0.2, 0) is 20.8 Å². The fourth-order valence-corrected chi connectivity index (χ4v) is 5.14. The van der Waals surface area contributed by atoms with E-state index in [4.69, 9.17) is 0 Å². The van der Waals surface area contributed by atoms with Crippen LogP contribution in [0.1, 0.15) is 31.2 Å². The Morgan fingerprint density at radius 1 is 0.931 bits per heavy atom. The summed E-state index contributed by atoms with van der Waals surface area (Å²) in [5.41, 5.74) is 0.0296. The van der Waals surface area contributed by atoms with Crippen molar-refractivity contribution in [3.8, 4) is 0 Å². The fourth-order valence-electron chi connectivity index (χ4n) is 3.28. The van der Waals surface area contributed by atoms with Gasteiger partial charge >= 0.3 is 6.18 Å². The fraction of sp³-hybridized carbons (Fsp3) is 0.350. The molecular formula is C20H21F3N2O3S. The first kappa shape index (κ1) is 21.2. The Balaban J connectivity index is 1.54. The number of nitrogens with one attached hydrogen (secondary N) is 2. The molecule has 9 heteroatoms. The molecule has 1 saturated carbocycles. The minimum absolute atomic E-state index is 0.115. The van der Waals surface area contributed by atoms with E-state index in [9.17, 15) is 26.4 Å². The zero-order valence-electron chi connectivity index (χ0n) is 15.5. The first-order valence-corrected chi connectivity index (χ1v) is 10.8. The second-order valence-electron chi connectivity index (χ2n) is 6.95. The second kappa shape index (κ2) is 8.44. The molecule has 2 aromatic rings. The van der Waals surface area contributed by atoms with Crippen molar-refractivity contribution in [1.29, 1.82) is 0 Å². The van der Waals surface area contributed by atoms with Crippen LogP contribution in [0.4, 0.5) is 24.5 Å². The summed E-state index contributed by atoms with van der Waals surface area (Å²) >= 11 is 0. The Morgan fingerprint density at radius 2 is 1.48 bits per heavy atom. The predicted octanol–water partition coefficient (Wildman–Crippen LogP) is 4.47. The third-order valence-electron chi connectivity index (χ3n) is 4.87. The van der Waals surface area contributed by atoms with Crippen LogP contribution in [0.3, 0.4) is 0 Å². The molecule has 2 N–H and O–H groups in total. The summed E-state index contributed by atoms with van der Waals surface area (Å²) in [6, 6.07) is 10.4. The first-order valence-electron chi connectivity index (χ1n) is 9.21. The molecule has 156 valence electrons. The highest BCUT2D eigenvalue weighted by Gasteiger charge is 2.30. The van der Waals surface area contributed by atoms with Gasteiger partial charge in [-0.3, -0.25) is 4.79 Å². The lowest BCUT2D eigenvalue weighted by molar-refractivity contribution is -0.137. The van der Waals surface area contributed by atoms with Crippen LogP contribution in [0.2, 0.25) is 0 Å². The zero-order chi connectivity index (χ0) is 21.1. The van der Waals surface area contributed by atoms with E-state index in [1.807, 2.05) is 0 Å². The molecule has 1 fully saturated rings. The molecular weight excluding hydrogens is 405 g/mol. The number of hydrogen-bond donors (Lipinski definition) is 2. The summed E-state index contributed by atoms with van der Waals surface area (Å²) in [6.45, 7) is -0.115. The third-order valence-corrected chi connectivity index (χ3v) is 7.15. The molecule has 0 saturated heterocycles. The maximum atomic E-state index is 12.5. The molecule has 0 aliphatic heterocycles. The second-order valence-corrected chi connectivity index (χ2v) is 9.18. The monoisotopic (exact) mass is 426 g/mol. The van der Waals surface area contributed by atoms with Gasteiger partial charge in [-0.2, -0.15) is 13.2 Å². The van der Waals surface area contributed by atoms with Crippen LogP contribution >= 0.6 is 0 Å². The summed E-state index contributed by atoms with van der Waals surface area (Å²) in [5, 5.41) is 5.04. The number of anilines is 2. The smallest absolute Gasteiger partial charge is 0.376 e. The predicted molar refractivity (Wildman–Crippen MR) is 104 cm³/mol. The Labute approximate surface area is 167 Å².